The summed E-state index contributed by atoms with van der Waals surface area (Å²) < 4.78 is 0. The summed E-state index contributed by atoms with van der Waals surface area (Å²) in [7, 11) is 0. The van der Waals surface area contributed by atoms with Crippen LogP contribution in [0.25, 0.3) is 0 Å². The quantitative estimate of drug-likeness (QED) is 0.403. The molecule has 1 aromatic carbocycles. The van der Waals surface area contributed by atoms with Crippen LogP contribution in [0, 0.1) is 5.92 Å². The second-order valence-electron chi connectivity index (χ2n) is 10.1. The number of carbonyl (C=O) groups is 3. The summed E-state index contributed by atoms with van der Waals surface area (Å²) in [5.41, 5.74) is 0.960. The van der Waals surface area contributed by atoms with Crippen LogP contribution < -0.4 is 0 Å². The van der Waals surface area contributed by atoms with Crippen LogP contribution in [0.5, 0.6) is 0 Å². The topological polar surface area (TPSA) is 60.9 Å². The fourth-order valence-corrected chi connectivity index (χ4v) is 5.99. The van der Waals surface area contributed by atoms with E-state index in [2.05, 4.69) is 51.6 Å². The number of benzene rings is 1. The molecule has 2 saturated heterocycles. The molecule has 3 atom stereocenters. The summed E-state index contributed by atoms with van der Waals surface area (Å²) in [5, 5.41) is 0. The first-order chi connectivity index (χ1) is 16.3. The summed E-state index contributed by atoms with van der Waals surface area (Å²) in [6.07, 6.45) is 6.43. The molecule has 2 aliphatic heterocycles. The zero-order valence-corrected chi connectivity index (χ0v) is 21.2. The SMILES string of the molecule is C=CC(=O)N1CCN(C(=O)CCN2C(=O)CC(C)C(c3ccccc3)C2(C)CCCCC)CC1. The van der Waals surface area contributed by atoms with Crippen molar-refractivity contribution in [3.8, 4) is 0 Å². The molecule has 3 unspecified atom stereocenters. The van der Waals surface area contributed by atoms with Gasteiger partial charge in [-0.2, -0.15) is 0 Å². The molecule has 2 aliphatic rings. The number of piperidine rings is 1. The van der Waals surface area contributed by atoms with Crippen LogP contribution in [-0.2, 0) is 14.4 Å². The van der Waals surface area contributed by atoms with Gasteiger partial charge in [0, 0.05) is 57.0 Å². The highest BCUT2D eigenvalue weighted by Gasteiger charge is 2.49. The van der Waals surface area contributed by atoms with Crippen molar-refractivity contribution >= 4 is 17.7 Å². The Morgan fingerprint density at radius 2 is 1.74 bits per heavy atom. The van der Waals surface area contributed by atoms with Gasteiger partial charge in [-0.3, -0.25) is 14.4 Å². The number of piperazine rings is 1. The Labute approximate surface area is 205 Å². The van der Waals surface area contributed by atoms with Crippen LogP contribution in [0.1, 0.15) is 70.8 Å². The Kier molecular flexibility index (Phi) is 8.92. The van der Waals surface area contributed by atoms with Crippen molar-refractivity contribution in [3.05, 3.63) is 48.6 Å². The molecule has 3 amide bonds. The van der Waals surface area contributed by atoms with E-state index in [4.69, 9.17) is 0 Å². The molecule has 0 aliphatic carbocycles. The maximum Gasteiger partial charge on any atom is 0.246 e. The molecule has 0 bridgehead atoms. The fourth-order valence-electron chi connectivity index (χ4n) is 5.99. The molecular formula is C28H41N3O3. The standard InChI is InChI=1S/C28H41N3O3/c1-5-7-11-15-28(4)27(23-12-9-8-10-13-23)22(3)21-26(34)31(28)16-14-25(33)30-19-17-29(18-20-30)24(32)6-2/h6,8-10,12-13,22,27H,2,5,7,11,14-21H2,1,3-4H3. The van der Waals surface area contributed by atoms with E-state index in [1.165, 1.54) is 11.6 Å². The average molecular weight is 468 g/mol. The highest BCUT2D eigenvalue weighted by Crippen LogP contribution is 2.47. The van der Waals surface area contributed by atoms with Crippen LogP contribution >= 0.6 is 0 Å². The van der Waals surface area contributed by atoms with Gasteiger partial charge in [0.05, 0.1) is 0 Å². The summed E-state index contributed by atoms with van der Waals surface area (Å²) >= 11 is 0. The van der Waals surface area contributed by atoms with E-state index in [0.717, 1.165) is 25.7 Å². The minimum Gasteiger partial charge on any atom is -0.339 e. The Bertz CT molecular complexity index is 863. The Morgan fingerprint density at radius 3 is 2.35 bits per heavy atom. The first-order valence-electron chi connectivity index (χ1n) is 12.9. The lowest BCUT2D eigenvalue weighted by Gasteiger charge is -2.53. The largest absolute Gasteiger partial charge is 0.339 e. The minimum atomic E-state index is -0.319. The predicted octanol–water partition coefficient (Wildman–Crippen LogP) is 4.22. The molecule has 6 nitrogen and oxygen atoms in total. The summed E-state index contributed by atoms with van der Waals surface area (Å²) in [4.78, 5) is 43.8. The van der Waals surface area contributed by atoms with Gasteiger partial charge in [0.2, 0.25) is 17.7 Å². The second kappa shape index (κ2) is 11.7. The van der Waals surface area contributed by atoms with Gasteiger partial charge in [-0.15, -0.1) is 0 Å². The highest BCUT2D eigenvalue weighted by atomic mass is 16.2. The van der Waals surface area contributed by atoms with Crippen molar-refractivity contribution in [2.75, 3.05) is 32.7 Å². The van der Waals surface area contributed by atoms with E-state index in [0.29, 0.717) is 45.6 Å². The molecular weight excluding hydrogens is 426 g/mol. The molecule has 1 aromatic rings. The summed E-state index contributed by atoms with van der Waals surface area (Å²) in [5.74, 6) is 0.628. The van der Waals surface area contributed by atoms with Gasteiger partial charge in [-0.05, 0) is 30.9 Å². The van der Waals surface area contributed by atoms with Gasteiger partial charge >= 0.3 is 0 Å². The molecule has 3 rings (SSSR count). The summed E-state index contributed by atoms with van der Waals surface area (Å²) in [6.45, 7) is 12.7. The maximum absolute atomic E-state index is 13.3. The molecule has 0 N–H and O–H groups in total. The van der Waals surface area contributed by atoms with Crippen molar-refractivity contribution in [1.29, 1.82) is 0 Å². The lowest BCUT2D eigenvalue weighted by molar-refractivity contribution is -0.148. The van der Waals surface area contributed by atoms with Crippen LogP contribution in [0.4, 0.5) is 0 Å². The van der Waals surface area contributed by atoms with Crippen LogP contribution in [-0.4, -0.2) is 70.7 Å². The van der Waals surface area contributed by atoms with E-state index in [1.807, 2.05) is 15.9 Å². The van der Waals surface area contributed by atoms with Gasteiger partial charge in [-0.1, -0.05) is 70.0 Å². The van der Waals surface area contributed by atoms with E-state index < -0.39 is 0 Å². The lowest BCUT2D eigenvalue weighted by atomic mass is 9.66. The molecule has 0 saturated carbocycles. The third kappa shape index (κ3) is 5.70. The molecule has 186 valence electrons. The number of unbranched alkanes of at least 4 members (excludes halogenated alkanes) is 2. The summed E-state index contributed by atoms with van der Waals surface area (Å²) in [6, 6.07) is 10.6. The van der Waals surface area contributed by atoms with Crippen molar-refractivity contribution in [2.24, 2.45) is 5.92 Å². The van der Waals surface area contributed by atoms with Crippen molar-refractivity contribution < 1.29 is 14.4 Å². The first kappa shape index (κ1) is 26.0. The first-order valence-corrected chi connectivity index (χ1v) is 12.9. The fraction of sp³-hybridized carbons (Fsp3) is 0.607. The highest BCUT2D eigenvalue weighted by molar-refractivity contribution is 5.87. The lowest BCUT2D eigenvalue weighted by Crippen LogP contribution is -2.60. The van der Waals surface area contributed by atoms with E-state index in [1.54, 1.807) is 4.90 Å². The van der Waals surface area contributed by atoms with Gasteiger partial charge in [-0.25, -0.2) is 0 Å². The normalized spacial score (nSPS) is 25.4. The molecule has 0 spiro atoms. The number of nitrogens with zero attached hydrogens (tertiary/aromatic N) is 3. The monoisotopic (exact) mass is 467 g/mol. The van der Waals surface area contributed by atoms with Gasteiger partial charge < -0.3 is 14.7 Å². The van der Waals surface area contributed by atoms with Crippen LogP contribution in [0.2, 0.25) is 0 Å². The number of amides is 3. The molecule has 2 fully saturated rings. The Morgan fingerprint density at radius 1 is 1.09 bits per heavy atom. The molecule has 2 heterocycles. The second-order valence-corrected chi connectivity index (χ2v) is 10.1. The zero-order chi connectivity index (χ0) is 24.7. The number of rotatable bonds is 9. The molecule has 0 radical (unpaired) electrons. The van der Waals surface area contributed by atoms with Crippen molar-refractivity contribution in [2.45, 2.75) is 70.8 Å². The average Bonchev–Trinajstić information content (AvgIpc) is 2.84. The molecule has 34 heavy (non-hydrogen) atoms. The molecule has 0 aromatic heterocycles. The maximum atomic E-state index is 13.3. The van der Waals surface area contributed by atoms with Gasteiger partial charge in [0.25, 0.3) is 0 Å². The van der Waals surface area contributed by atoms with E-state index in [-0.39, 0.29) is 35.1 Å². The van der Waals surface area contributed by atoms with Crippen LogP contribution in [0.15, 0.2) is 43.0 Å². The zero-order valence-electron chi connectivity index (χ0n) is 21.2. The number of likely N-dealkylation sites (tertiary alicyclic amines) is 1. The van der Waals surface area contributed by atoms with E-state index in [9.17, 15) is 14.4 Å². The van der Waals surface area contributed by atoms with E-state index >= 15 is 0 Å². The number of carbonyl (C=O) groups excluding carboxylic acids is 3. The van der Waals surface area contributed by atoms with Crippen molar-refractivity contribution in [3.63, 3.8) is 0 Å². The number of hydrogen-bond acceptors (Lipinski definition) is 3. The smallest absolute Gasteiger partial charge is 0.246 e. The third-order valence-corrected chi connectivity index (χ3v) is 7.77. The Hall–Kier alpha value is -2.63. The van der Waals surface area contributed by atoms with Crippen molar-refractivity contribution in [1.82, 2.24) is 14.7 Å². The van der Waals surface area contributed by atoms with Crippen LogP contribution in [0.3, 0.4) is 0 Å². The minimum absolute atomic E-state index is 0.0595. The Balaban J connectivity index is 1.74. The number of hydrogen-bond donors (Lipinski definition) is 0. The van der Waals surface area contributed by atoms with Gasteiger partial charge in [0.15, 0.2) is 0 Å². The predicted molar refractivity (Wildman–Crippen MR) is 135 cm³/mol. The molecule has 6 heteroatoms. The van der Waals surface area contributed by atoms with Gasteiger partial charge in [0.1, 0.15) is 0 Å². The third-order valence-electron chi connectivity index (χ3n) is 7.77.